The van der Waals surface area contributed by atoms with Crippen LogP contribution in [0.25, 0.3) is 0 Å². The van der Waals surface area contributed by atoms with Crippen molar-refractivity contribution >= 4 is 24.8 Å². The largest absolute Gasteiger partial charge is 0.447 e. The van der Waals surface area contributed by atoms with E-state index in [4.69, 9.17) is 10.2 Å². The van der Waals surface area contributed by atoms with Crippen LogP contribution in [0, 0.1) is 5.92 Å². The highest BCUT2D eigenvalue weighted by molar-refractivity contribution is 5.85. The molecule has 1 aromatic rings. The predicted molar refractivity (Wildman–Crippen MR) is 52.8 cm³/mol. The predicted octanol–water partition coefficient (Wildman–Crippen LogP) is 2.17. The number of oxazole rings is 1. The average Bonchev–Trinajstić information content (AvgIpc) is 2.36. The molecule has 1 aromatic heterocycles. The first kappa shape index (κ1) is 14.3. The van der Waals surface area contributed by atoms with Crippen molar-refractivity contribution in [1.82, 2.24) is 4.98 Å². The van der Waals surface area contributed by atoms with Gasteiger partial charge in [0.2, 0.25) is 0 Å². The highest BCUT2D eigenvalue weighted by Gasteiger charge is 2.12. The molecular weight excluding hydrogens is 199 g/mol. The molecule has 5 heteroatoms. The van der Waals surface area contributed by atoms with Gasteiger partial charge in [0, 0.05) is 0 Å². The van der Waals surface area contributed by atoms with Gasteiger partial charge in [-0.05, 0) is 5.92 Å². The summed E-state index contributed by atoms with van der Waals surface area (Å²) >= 11 is 0. The lowest BCUT2D eigenvalue weighted by atomic mass is 10.0. The molecule has 0 amide bonds. The number of hydrogen-bond acceptors (Lipinski definition) is 3. The van der Waals surface area contributed by atoms with Crippen LogP contribution in [0.1, 0.15) is 25.6 Å². The van der Waals surface area contributed by atoms with Gasteiger partial charge in [-0.3, -0.25) is 0 Å². The molecule has 0 aliphatic carbocycles. The smallest absolute Gasteiger partial charge is 0.180 e. The van der Waals surface area contributed by atoms with Crippen LogP contribution < -0.4 is 5.73 Å². The third-order valence-corrected chi connectivity index (χ3v) is 1.50. The van der Waals surface area contributed by atoms with E-state index in [0.29, 0.717) is 5.92 Å². The summed E-state index contributed by atoms with van der Waals surface area (Å²) in [6, 6.07) is -0.0255. The van der Waals surface area contributed by atoms with Crippen LogP contribution in [0.3, 0.4) is 0 Å². The van der Waals surface area contributed by atoms with Crippen molar-refractivity contribution in [3.05, 3.63) is 18.4 Å². The summed E-state index contributed by atoms with van der Waals surface area (Å²) in [6.45, 7) is 4.10. The zero-order valence-electron chi connectivity index (χ0n) is 7.06. The quantitative estimate of drug-likeness (QED) is 0.818. The van der Waals surface area contributed by atoms with Crippen molar-refractivity contribution in [2.24, 2.45) is 11.7 Å². The lowest BCUT2D eigenvalue weighted by Crippen LogP contribution is -2.15. The molecule has 3 nitrogen and oxygen atoms in total. The summed E-state index contributed by atoms with van der Waals surface area (Å²) < 4.78 is 5.02. The molecule has 2 N–H and O–H groups in total. The summed E-state index contributed by atoms with van der Waals surface area (Å²) in [6.07, 6.45) is 3.06. The van der Waals surface area contributed by atoms with Gasteiger partial charge in [0.25, 0.3) is 0 Å². The summed E-state index contributed by atoms with van der Waals surface area (Å²) in [5.41, 5.74) is 5.75. The van der Waals surface area contributed by atoms with E-state index in [2.05, 4.69) is 4.98 Å². The van der Waals surface area contributed by atoms with Crippen molar-refractivity contribution in [3.8, 4) is 0 Å². The second-order valence-electron chi connectivity index (χ2n) is 2.67. The highest BCUT2D eigenvalue weighted by Crippen LogP contribution is 2.16. The molecule has 0 aliphatic heterocycles. The van der Waals surface area contributed by atoms with Crippen LogP contribution >= 0.6 is 24.8 Å². The maximum atomic E-state index is 5.75. The van der Waals surface area contributed by atoms with E-state index in [-0.39, 0.29) is 30.9 Å². The molecular formula is C7H14Cl2N2O. The SMILES string of the molecule is CC(C)C(N)c1cnco1.Cl.Cl. The van der Waals surface area contributed by atoms with E-state index in [9.17, 15) is 0 Å². The lowest BCUT2D eigenvalue weighted by molar-refractivity contribution is 0.401. The van der Waals surface area contributed by atoms with Crippen LogP contribution in [0.4, 0.5) is 0 Å². The molecule has 0 radical (unpaired) electrons. The Kier molecular flexibility index (Phi) is 7.48. The fourth-order valence-corrected chi connectivity index (χ4v) is 0.719. The number of halogens is 2. The Labute approximate surface area is 84.6 Å². The Bertz CT molecular complexity index is 189. The zero-order chi connectivity index (χ0) is 7.56. The minimum absolute atomic E-state index is 0. The third-order valence-electron chi connectivity index (χ3n) is 1.50. The van der Waals surface area contributed by atoms with Gasteiger partial charge < -0.3 is 10.2 Å². The maximum Gasteiger partial charge on any atom is 0.180 e. The molecule has 1 atom stereocenters. The summed E-state index contributed by atoms with van der Waals surface area (Å²) in [5.74, 6) is 1.16. The first-order chi connectivity index (χ1) is 4.72. The fourth-order valence-electron chi connectivity index (χ4n) is 0.719. The van der Waals surface area contributed by atoms with E-state index in [1.165, 1.54) is 6.39 Å². The van der Waals surface area contributed by atoms with E-state index in [1.54, 1.807) is 6.20 Å². The Morgan fingerprint density at radius 2 is 2.00 bits per heavy atom. The minimum Gasteiger partial charge on any atom is -0.447 e. The van der Waals surface area contributed by atoms with Gasteiger partial charge in [-0.2, -0.15) is 0 Å². The zero-order valence-corrected chi connectivity index (χ0v) is 8.69. The Morgan fingerprint density at radius 3 is 2.33 bits per heavy atom. The van der Waals surface area contributed by atoms with Crippen molar-refractivity contribution < 1.29 is 4.42 Å². The van der Waals surface area contributed by atoms with Gasteiger partial charge in [-0.15, -0.1) is 24.8 Å². The first-order valence-electron chi connectivity index (χ1n) is 3.35. The molecule has 0 saturated carbocycles. The second-order valence-corrected chi connectivity index (χ2v) is 2.67. The van der Waals surface area contributed by atoms with Crippen molar-refractivity contribution in [1.29, 1.82) is 0 Å². The van der Waals surface area contributed by atoms with Gasteiger partial charge in [0.1, 0.15) is 5.76 Å². The molecule has 12 heavy (non-hydrogen) atoms. The molecule has 0 bridgehead atoms. The monoisotopic (exact) mass is 212 g/mol. The molecule has 0 aliphatic rings. The minimum atomic E-state index is -0.0255. The Hall–Kier alpha value is -0.250. The van der Waals surface area contributed by atoms with Gasteiger partial charge in [-0.1, -0.05) is 13.8 Å². The molecule has 1 unspecified atom stereocenters. The van der Waals surface area contributed by atoms with E-state index in [1.807, 2.05) is 13.8 Å². The Morgan fingerprint density at radius 1 is 1.42 bits per heavy atom. The van der Waals surface area contributed by atoms with E-state index < -0.39 is 0 Å². The molecule has 72 valence electrons. The molecule has 1 rings (SSSR count). The Balaban J connectivity index is 0. The van der Waals surface area contributed by atoms with Crippen LogP contribution in [-0.2, 0) is 0 Å². The number of nitrogens with two attached hydrogens (primary N) is 1. The van der Waals surface area contributed by atoms with Crippen molar-refractivity contribution in [3.63, 3.8) is 0 Å². The summed E-state index contributed by atoms with van der Waals surface area (Å²) in [4.78, 5) is 3.78. The van der Waals surface area contributed by atoms with Crippen LogP contribution in [0.15, 0.2) is 17.0 Å². The molecule has 0 fully saturated rings. The maximum absolute atomic E-state index is 5.75. The molecule has 1 heterocycles. The van der Waals surface area contributed by atoms with Crippen molar-refractivity contribution in [2.75, 3.05) is 0 Å². The van der Waals surface area contributed by atoms with Crippen LogP contribution in [-0.4, -0.2) is 4.98 Å². The van der Waals surface area contributed by atoms with Gasteiger partial charge in [0.15, 0.2) is 6.39 Å². The summed E-state index contributed by atoms with van der Waals surface area (Å²) in [5, 5.41) is 0. The molecule has 0 saturated heterocycles. The van der Waals surface area contributed by atoms with Crippen LogP contribution in [0.5, 0.6) is 0 Å². The van der Waals surface area contributed by atoms with Gasteiger partial charge in [-0.25, -0.2) is 4.98 Å². The number of aromatic nitrogens is 1. The molecule has 0 spiro atoms. The van der Waals surface area contributed by atoms with Gasteiger partial charge in [0.05, 0.1) is 12.2 Å². The topological polar surface area (TPSA) is 52.0 Å². The van der Waals surface area contributed by atoms with E-state index >= 15 is 0 Å². The normalized spacial score (nSPS) is 11.7. The number of rotatable bonds is 2. The number of nitrogens with zero attached hydrogens (tertiary/aromatic N) is 1. The van der Waals surface area contributed by atoms with Gasteiger partial charge >= 0.3 is 0 Å². The second kappa shape index (κ2) is 6.29. The lowest BCUT2D eigenvalue weighted by Gasteiger charge is -2.10. The fraction of sp³-hybridized carbons (Fsp3) is 0.571. The van der Waals surface area contributed by atoms with Crippen molar-refractivity contribution in [2.45, 2.75) is 19.9 Å². The van der Waals surface area contributed by atoms with E-state index in [0.717, 1.165) is 5.76 Å². The van der Waals surface area contributed by atoms with Crippen LogP contribution in [0.2, 0.25) is 0 Å². The third kappa shape index (κ3) is 3.43. The molecule has 0 aromatic carbocycles. The summed E-state index contributed by atoms with van der Waals surface area (Å²) in [7, 11) is 0. The first-order valence-corrected chi connectivity index (χ1v) is 3.35. The average molecular weight is 213 g/mol. The number of hydrogen-bond donors (Lipinski definition) is 1. The highest BCUT2D eigenvalue weighted by atomic mass is 35.5. The standard InChI is InChI=1S/C7H12N2O.2ClH/c1-5(2)7(8)6-3-9-4-10-6;;/h3-5,7H,8H2,1-2H3;2*1H.